The number of ether oxygens (including phenoxy) is 2. The van der Waals surface area contributed by atoms with Gasteiger partial charge in [-0.05, 0) is 43.7 Å². The summed E-state index contributed by atoms with van der Waals surface area (Å²) in [5.41, 5.74) is 3.72. The molecule has 2 aromatic heterocycles. The van der Waals surface area contributed by atoms with E-state index in [-0.39, 0.29) is 0 Å². The molecule has 2 heterocycles. The molecule has 4 aromatic rings. The fraction of sp³-hybridized carbons (Fsp3) is 0.227. The maximum atomic E-state index is 5.41. The van der Waals surface area contributed by atoms with Crippen LogP contribution in [0.15, 0.2) is 46.9 Å². The summed E-state index contributed by atoms with van der Waals surface area (Å²) in [7, 11) is 3.26. The Kier molecular flexibility index (Phi) is 5.59. The van der Waals surface area contributed by atoms with Gasteiger partial charge >= 0.3 is 0 Å². The van der Waals surface area contributed by atoms with Gasteiger partial charge in [-0.15, -0.1) is 5.10 Å². The highest BCUT2D eigenvalue weighted by molar-refractivity contribution is 9.10. The summed E-state index contributed by atoms with van der Waals surface area (Å²) in [5.74, 6) is 3.57. The number of halogens is 1. The van der Waals surface area contributed by atoms with E-state index < -0.39 is 0 Å². The first-order chi connectivity index (χ1) is 14.5. The molecule has 0 aliphatic heterocycles. The maximum Gasteiger partial charge on any atom is 0.182 e. The summed E-state index contributed by atoms with van der Waals surface area (Å²) in [6, 6.07) is 13.8. The van der Waals surface area contributed by atoms with E-state index in [1.807, 2.05) is 60.8 Å². The molecule has 0 atom stereocenters. The summed E-state index contributed by atoms with van der Waals surface area (Å²) in [4.78, 5) is 9.39. The molecular formula is C22H22BrN5O2. The Labute approximate surface area is 183 Å². The summed E-state index contributed by atoms with van der Waals surface area (Å²) in [6.07, 6.45) is 0. The lowest BCUT2D eigenvalue weighted by atomic mass is 10.2. The second kappa shape index (κ2) is 8.31. The van der Waals surface area contributed by atoms with Crippen molar-refractivity contribution in [3.05, 3.63) is 64.0 Å². The first-order valence-corrected chi connectivity index (χ1v) is 10.2. The van der Waals surface area contributed by atoms with E-state index in [0.29, 0.717) is 23.9 Å². The summed E-state index contributed by atoms with van der Waals surface area (Å²) in [5, 5.41) is 8.16. The van der Waals surface area contributed by atoms with Crippen LogP contribution in [0.2, 0.25) is 0 Å². The summed E-state index contributed by atoms with van der Waals surface area (Å²) < 4.78 is 13.6. The fourth-order valence-corrected chi connectivity index (χ4v) is 3.61. The zero-order valence-electron chi connectivity index (χ0n) is 17.2. The van der Waals surface area contributed by atoms with E-state index in [1.165, 1.54) is 0 Å². The number of hydrogen-bond donors (Lipinski definition) is 1. The molecule has 7 nitrogen and oxygen atoms in total. The molecule has 1 N–H and O–H groups in total. The van der Waals surface area contributed by atoms with Crippen molar-refractivity contribution < 1.29 is 9.47 Å². The van der Waals surface area contributed by atoms with Crippen LogP contribution in [0.5, 0.6) is 11.5 Å². The first-order valence-electron chi connectivity index (χ1n) is 9.45. The van der Waals surface area contributed by atoms with Gasteiger partial charge in [-0.3, -0.25) is 0 Å². The van der Waals surface area contributed by atoms with E-state index in [0.717, 1.165) is 38.5 Å². The monoisotopic (exact) mass is 467 g/mol. The van der Waals surface area contributed by atoms with Crippen molar-refractivity contribution >= 4 is 27.3 Å². The van der Waals surface area contributed by atoms with Crippen molar-refractivity contribution in [1.29, 1.82) is 0 Å². The highest BCUT2D eigenvalue weighted by atomic mass is 79.9. The molecule has 2 aromatic carbocycles. The number of anilines is 1. The molecule has 0 amide bonds. The highest BCUT2D eigenvalue weighted by Gasteiger charge is 2.16. The average Bonchev–Trinajstić information content (AvgIpc) is 3.05. The average molecular weight is 468 g/mol. The number of fused-ring (bicyclic) bond motifs is 1. The SMILES string of the molecule is COc1ccc(CNc2nc(-c3ccc(Br)cc3)nn3c(C)nc(C)c23)cc1OC. The van der Waals surface area contributed by atoms with E-state index in [2.05, 4.69) is 26.2 Å². The molecule has 0 spiro atoms. The Bertz CT molecular complexity index is 1200. The van der Waals surface area contributed by atoms with Crippen LogP contribution in [0.25, 0.3) is 16.9 Å². The van der Waals surface area contributed by atoms with Crippen LogP contribution in [0, 0.1) is 13.8 Å². The number of hydrogen-bond acceptors (Lipinski definition) is 6. The molecule has 154 valence electrons. The highest BCUT2D eigenvalue weighted by Crippen LogP contribution is 2.29. The minimum Gasteiger partial charge on any atom is -0.493 e. The van der Waals surface area contributed by atoms with Crippen LogP contribution in [0.3, 0.4) is 0 Å². The van der Waals surface area contributed by atoms with Gasteiger partial charge in [0.1, 0.15) is 11.3 Å². The normalized spacial score (nSPS) is 11.0. The lowest BCUT2D eigenvalue weighted by molar-refractivity contribution is 0.354. The number of imidazole rings is 1. The molecule has 0 saturated carbocycles. The van der Waals surface area contributed by atoms with E-state index in [4.69, 9.17) is 19.6 Å². The van der Waals surface area contributed by atoms with Crippen LogP contribution in [0.4, 0.5) is 5.82 Å². The van der Waals surface area contributed by atoms with Crippen molar-refractivity contribution in [1.82, 2.24) is 19.6 Å². The number of benzene rings is 2. The van der Waals surface area contributed by atoms with E-state index in [1.54, 1.807) is 14.2 Å². The lowest BCUT2D eigenvalue weighted by Crippen LogP contribution is -2.08. The topological polar surface area (TPSA) is 73.6 Å². The number of aryl methyl sites for hydroxylation is 2. The van der Waals surface area contributed by atoms with Gasteiger partial charge in [-0.1, -0.05) is 34.1 Å². The van der Waals surface area contributed by atoms with Gasteiger partial charge in [0.15, 0.2) is 23.1 Å². The zero-order valence-corrected chi connectivity index (χ0v) is 18.8. The molecule has 0 saturated heterocycles. The molecular weight excluding hydrogens is 446 g/mol. The van der Waals surface area contributed by atoms with Gasteiger partial charge in [0.05, 0.1) is 19.9 Å². The standard InChI is InChI=1S/C22H22BrN5O2/c1-13-20-22(24-12-15-5-10-18(29-3)19(11-15)30-4)26-21(27-28(20)14(2)25-13)16-6-8-17(23)9-7-16/h5-11H,12H2,1-4H3,(H,24,26,27). The molecule has 0 fully saturated rings. The Hall–Kier alpha value is -3.13. The molecule has 4 rings (SSSR count). The third-order valence-corrected chi connectivity index (χ3v) is 5.37. The number of methoxy groups -OCH3 is 2. The van der Waals surface area contributed by atoms with Gasteiger partial charge < -0.3 is 14.8 Å². The predicted octanol–water partition coefficient (Wildman–Crippen LogP) is 4.80. The van der Waals surface area contributed by atoms with E-state index in [9.17, 15) is 0 Å². The fourth-order valence-electron chi connectivity index (χ4n) is 3.35. The van der Waals surface area contributed by atoms with Crippen molar-refractivity contribution in [3.63, 3.8) is 0 Å². The van der Waals surface area contributed by atoms with E-state index >= 15 is 0 Å². The molecule has 30 heavy (non-hydrogen) atoms. The molecule has 0 bridgehead atoms. The van der Waals surface area contributed by atoms with Crippen LogP contribution in [-0.2, 0) is 6.54 Å². The van der Waals surface area contributed by atoms with Crippen molar-refractivity contribution in [2.45, 2.75) is 20.4 Å². The van der Waals surface area contributed by atoms with Gasteiger partial charge in [-0.2, -0.15) is 0 Å². The third-order valence-electron chi connectivity index (χ3n) is 4.84. The van der Waals surface area contributed by atoms with Crippen molar-refractivity contribution in [2.75, 3.05) is 19.5 Å². The Morgan fingerprint density at radius 2 is 1.70 bits per heavy atom. The van der Waals surface area contributed by atoms with Gasteiger partial charge in [0, 0.05) is 16.6 Å². The van der Waals surface area contributed by atoms with Crippen LogP contribution in [-0.4, -0.2) is 33.8 Å². The number of nitrogens with zero attached hydrogens (tertiary/aromatic N) is 4. The summed E-state index contributed by atoms with van der Waals surface area (Å²) in [6.45, 7) is 4.47. The number of aromatic nitrogens is 4. The molecule has 0 aliphatic carbocycles. The predicted molar refractivity (Wildman–Crippen MR) is 120 cm³/mol. The second-order valence-corrected chi connectivity index (χ2v) is 7.75. The summed E-state index contributed by atoms with van der Waals surface area (Å²) >= 11 is 3.47. The molecule has 0 radical (unpaired) electrons. The van der Waals surface area contributed by atoms with Gasteiger partial charge in [-0.25, -0.2) is 14.5 Å². The van der Waals surface area contributed by atoms with Crippen molar-refractivity contribution in [3.8, 4) is 22.9 Å². The minimum atomic E-state index is 0.566. The number of rotatable bonds is 6. The molecule has 8 heteroatoms. The Morgan fingerprint density at radius 1 is 0.967 bits per heavy atom. The van der Waals surface area contributed by atoms with Crippen molar-refractivity contribution in [2.24, 2.45) is 0 Å². The zero-order chi connectivity index (χ0) is 21.3. The maximum absolute atomic E-state index is 5.41. The molecule has 0 unspecified atom stereocenters. The lowest BCUT2D eigenvalue weighted by Gasteiger charge is -2.12. The third kappa shape index (κ3) is 3.82. The number of nitrogens with one attached hydrogen (secondary N) is 1. The quantitative estimate of drug-likeness (QED) is 0.438. The largest absolute Gasteiger partial charge is 0.493 e. The second-order valence-electron chi connectivity index (χ2n) is 6.84. The first kappa shape index (κ1) is 20.2. The smallest absolute Gasteiger partial charge is 0.182 e. The van der Waals surface area contributed by atoms with Gasteiger partial charge in [0.2, 0.25) is 0 Å². The van der Waals surface area contributed by atoms with Crippen LogP contribution < -0.4 is 14.8 Å². The Morgan fingerprint density at radius 3 is 2.40 bits per heavy atom. The Balaban J connectivity index is 1.73. The molecule has 0 aliphatic rings. The van der Waals surface area contributed by atoms with Crippen LogP contribution >= 0.6 is 15.9 Å². The van der Waals surface area contributed by atoms with Crippen LogP contribution in [0.1, 0.15) is 17.1 Å². The minimum absolute atomic E-state index is 0.566. The van der Waals surface area contributed by atoms with Gasteiger partial charge in [0.25, 0.3) is 0 Å².